The van der Waals surface area contributed by atoms with E-state index in [0.717, 1.165) is 23.4 Å². The first kappa shape index (κ1) is 19.9. The number of amides is 1. The molecule has 146 valence electrons. The highest BCUT2D eigenvalue weighted by Crippen LogP contribution is 2.29. The lowest BCUT2D eigenvalue weighted by molar-refractivity contribution is -0.137. The molecular weight excluding hydrogens is 391 g/mol. The second-order valence-corrected chi connectivity index (χ2v) is 6.91. The maximum Gasteiger partial charge on any atom is 0.416 e. The van der Waals surface area contributed by atoms with Gasteiger partial charge in [0.25, 0.3) is 0 Å². The molecule has 28 heavy (non-hydrogen) atoms. The van der Waals surface area contributed by atoms with Gasteiger partial charge in [0.15, 0.2) is 5.82 Å². The summed E-state index contributed by atoms with van der Waals surface area (Å²) in [6.45, 7) is 1.45. The first-order valence-electron chi connectivity index (χ1n) is 8.22. The zero-order chi connectivity index (χ0) is 20.1. The fourth-order valence-corrected chi connectivity index (χ4v) is 3.37. The molecule has 10 heteroatoms. The van der Waals surface area contributed by atoms with Gasteiger partial charge in [-0.1, -0.05) is 12.1 Å². The van der Waals surface area contributed by atoms with Crippen LogP contribution >= 0.6 is 11.8 Å². The number of tetrazole rings is 1. The topological polar surface area (TPSA) is 72.7 Å². The van der Waals surface area contributed by atoms with Crippen molar-refractivity contribution in [3.05, 3.63) is 65.5 Å². The Morgan fingerprint density at radius 1 is 1.14 bits per heavy atom. The largest absolute Gasteiger partial charge is 0.416 e. The first-order chi connectivity index (χ1) is 13.3. The molecule has 1 heterocycles. The average Bonchev–Trinajstić information content (AvgIpc) is 3.09. The van der Waals surface area contributed by atoms with Crippen molar-refractivity contribution < 1.29 is 18.0 Å². The lowest BCUT2D eigenvalue weighted by Crippen LogP contribution is -2.06. The number of nitrogens with zero attached hydrogens (tertiary/aromatic N) is 4. The fourth-order valence-electron chi connectivity index (χ4n) is 2.49. The molecule has 3 rings (SSSR count). The van der Waals surface area contributed by atoms with Gasteiger partial charge in [0.05, 0.1) is 17.0 Å². The summed E-state index contributed by atoms with van der Waals surface area (Å²) in [5, 5.41) is 14.2. The van der Waals surface area contributed by atoms with Gasteiger partial charge < -0.3 is 5.32 Å². The number of carbonyl (C=O) groups is 1. The summed E-state index contributed by atoms with van der Waals surface area (Å²) in [5.74, 6) is 1.52. The highest BCUT2D eigenvalue weighted by Gasteiger charge is 2.30. The minimum absolute atomic E-state index is 0.138. The van der Waals surface area contributed by atoms with E-state index in [0.29, 0.717) is 23.0 Å². The van der Waals surface area contributed by atoms with Crippen LogP contribution in [0.1, 0.15) is 23.9 Å². The van der Waals surface area contributed by atoms with Gasteiger partial charge in [-0.15, -0.1) is 16.9 Å². The minimum Gasteiger partial charge on any atom is -0.326 e. The Bertz CT molecular complexity index is 956. The van der Waals surface area contributed by atoms with Crippen LogP contribution in [-0.2, 0) is 22.5 Å². The SMILES string of the molecule is CC(=O)Nc1cccc(CSCc2nnnn2-c2ccc(C(F)(F)F)cc2)c1. The van der Waals surface area contributed by atoms with Crippen LogP contribution in [0.2, 0.25) is 0 Å². The molecule has 0 bridgehead atoms. The molecule has 0 radical (unpaired) electrons. The van der Waals surface area contributed by atoms with E-state index in [4.69, 9.17) is 0 Å². The highest BCUT2D eigenvalue weighted by atomic mass is 32.2. The summed E-state index contributed by atoms with van der Waals surface area (Å²) in [5.41, 5.74) is 1.48. The van der Waals surface area contributed by atoms with E-state index in [2.05, 4.69) is 20.8 Å². The zero-order valence-corrected chi connectivity index (χ0v) is 15.6. The molecule has 0 saturated heterocycles. The number of benzene rings is 2. The number of halogens is 3. The van der Waals surface area contributed by atoms with Crippen LogP contribution in [-0.4, -0.2) is 26.1 Å². The van der Waals surface area contributed by atoms with Crippen LogP contribution in [0.15, 0.2) is 48.5 Å². The van der Waals surface area contributed by atoms with Crippen molar-refractivity contribution in [1.82, 2.24) is 20.2 Å². The van der Waals surface area contributed by atoms with E-state index in [1.807, 2.05) is 18.2 Å². The molecule has 2 aromatic carbocycles. The van der Waals surface area contributed by atoms with E-state index in [1.54, 1.807) is 17.8 Å². The number of carbonyl (C=O) groups excluding carboxylic acids is 1. The Kier molecular flexibility index (Phi) is 5.98. The van der Waals surface area contributed by atoms with Crippen molar-refractivity contribution >= 4 is 23.4 Å². The van der Waals surface area contributed by atoms with Crippen molar-refractivity contribution in [2.75, 3.05) is 5.32 Å². The fraction of sp³-hybridized carbons (Fsp3) is 0.222. The quantitative estimate of drug-likeness (QED) is 0.667. The van der Waals surface area contributed by atoms with Crippen LogP contribution in [0.4, 0.5) is 18.9 Å². The molecule has 0 aliphatic carbocycles. The molecule has 0 atom stereocenters. The van der Waals surface area contributed by atoms with Gasteiger partial charge in [-0.05, 0) is 52.4 Å². The third kappa shape index (κ3) is 5.10. The van der Waals surface area contributed by atoms with Gasteiger partial charge in [-0.2, -0.15) is 17.9 Å². The normalized spacial score (nSPS) is 11.4. The van der Waals surface area contributed by atoms with Crippen LogP contribution in [0.25, 0.3) is 5.69 Å². The number of nitrogens with one attached hydrogen (secondary N) is 1. The standard InChI is InChI=1S/C18H16F3N5OS/c1-12(27)22-15-4-2-3-13(9-15)10-28-11-17-23-24-25-26(17)16-7-5-14(6-8-16)18(19,20)21/h2-9H,10-11H2,1H3,(H,22,27). The van der Waals surface area contributed by atoms with Gasteiger partial charge in [-0.3, -0.25) is 4.79 Å². The lowest BCUT2D eigenvalue weighted by atomic mass is 10.2. The molecule has 0 saturated carbocycles. The van der Waals surface area contributed by atoms with Gasteiger partial charge in [0.2, 0.25) is 5.91 Å². The second-order valence-electron chi connectivity index (χ2n) is 5.93. The molecule has 0 fully saturated rings. The van der Waals surface area contributed by atoms with Crippen LogP contribution in [0.3, 0.4) is 0 Å². The third-order valence-electron chi connectivity index (χ3n) is 3.72. The van der Waals surface area contributed by atoms with E-state index >= 15 is 0 Å². The van der Waals surface area contributed by atoms with Gasteiger partial charge in [0, 0.05) is 18.4 Å². The maximum atomic E-state index is 12.7. The van der Waals surface area contributed by atoms with Crippen LogP contribution in [0, 0.1) is 0 Å². The average molecular weight is 407 g/mol. The maximum absolute atomic E-state index is 12.7. The number of rotatable bonds is 6. The molecule has 1 N–H and O–H groups in total. The molecule has 0 aliphatic heterocycles. The Labute approximate surface area is 163 Å². The number of alkyl halides is 3. The smallest absolute Gasteiger partial charge is 0.326 e. The van der Waals surface area contributed by atoms with Crippen molar-refractivity contribution in [3.8, 4) is 5.69 Å². The van der Waals surface area contributed by atoms with E-state index in [1.165, 1.54) is 23.7 Å². The van der Waals surface area contributed by atoms with E-state index < -0.39 is 11.7 Å². The van der Waals surface area contributed by atoms with Gasteiger partial charge in [0.1, 0.15) is 0 Å². The second kappa shape index (κ2) is 8.42. The molecule has 1 aromatic heterocycles. The summed E-state index contributed by atoms with van der Waals surface area (Å²) < 4.78 is 39.5. The van der Waals surface area contributed by atoms with Gasteiger partial charge in [-0.25, -0.2) is 0 Å². The molecule has 0 aliphatic rings. The number of thioether (sulfide) groups is 1. The third-order valence-corrected chi connectivity index (χ3v) is 4.72. The molecule has 0 unspecified atom stereocenters. The predicted octanol–water partition coefficient (Wildman–Crippen LogP) is 4.07. The van der Waals surface area contributed by atoms with Crippen LogP contribution in [0.5, 0.6) is 0 Å². The Balaban J connectivity index is 1.64. The Morgan fingerprint density at radius 2 is 1.89 bits per heavy atom. The van der Waals surface area contributed by atoms with E-state index in [-0.39, 0.29) is 5.91 Å². The Morgan fingerprint density at radius 3 is 2.57 bits per heavy atom. The van der Waals surface area contributed by atoms with Crippen molar-refractivity contribution in [2.45, 2.75) is 24.6 Å². The van der Waals surface area contributed by atoms with Crippen LogP contribution < -0.4 is 5.32 Å². The predicted molar refractivity (Wildman–Crippen MR) is 99.9 cm³/mol. The summed E-state index contributed by atoms with van der Waals surface area (Å²) >= 11 is 1.55. The number of hydrogen-bond donors (Lipinski definition) is 1. The minimum atomic E-state index is -4.39. The molecule has 1 amide bonds. The highest BCUT2D eigenvalue weighted by molar-refractivity contribution is 7.97. The summed E-state index contributed by atoms with van der Waals surface area (Å²) in [6, 6.07) is 12.2. The van der Waals surface area contributed by atoms with E-state index in [9.17, 15) is 18.0 Å². The lowest BCUT2D eigenvalue weighted by Gasteiger charge is -2.09. The van der Waals surface area contributed by atoms with Gasteiger partial charge >= 0.3 is 6.18 Å². The van der Waals surface area contributed by atoms with Crippen molar-refractivity contribution in [2.24, 2.45) is 0 Å². The first-order valence-corrected chi connectivity index (χ1v) is 9.37. The molecule has 3 aromatic rings. The Hall–Kier alpha value is -2.88. The number of aromatic nitrogens is 4. The number of anilines is 1. The molecule has 0 spiro atoms. The summed E-state index contributed by atoms with van der Waals surface area (Å²) in [6.07, 6.45) is -4.39. The van der Waals surface area contributed by atoms with Crippen molar-refractivity contribution in [3.63, 3.8) is 0 Å². The monoisotopic (exact) mass is 407 g/mol. The molecular formula is C18H16F3N5OS. The summed E-state index contributed by atoms with van der Waals surface area (Å²) in [7, 11) is 0. The van der Waals surface area contributed by atoms with Crippen molar-refractivity contribution in [1.29, 1.82) is 0 Å². The molecule has 6 nitrogen and oxygen atoms in total. The number of hydrogen-bond acceptors (Lipinski definition) is 5. The zero-order valence-electron chi connectivity index (χ0n) is 14.8. The summed E-state index contributed by atoms with van der Waals surface area (Å²) in [4.78, 5) is 11.1.